The Labute approximate surface area is 184 Å². The number of aromatic nitrogens is 1. The molecule has 0 unspecified atom stereocenters. The number of carbonyl (C=O) groups excluding carboxylic acids is 1. The Morgan fingerprint density at radius 1 is 1.13 bits per heavy atom. The quantitative estimate of drug-likeness (QED) is 0.414. The zero-order chi connectivity index (χ0) is 20.5. The van der Waals surface area contributed by atoms with Crippen molar-refractivity contribution in [3.63, 3.8) is 0 Å². The highest BCUT2D eigenvalue weighted by molar-refractivity contribution is 8.26. The molecule has 5 rings (SSSR count). The van der Waals surface area contributed by atoms with Gasteiger partial charge in [0.25, 0.3) is 5.91 Å². The number of carbonyl (C=O) groups is 1. The monoisotopic (exact) mass is 435 g/mol. The summed E-state index contributed by atoms with van der Waals surface area (Å²) in [5.74, 6) is 1.58. The van der Waals surface area contributed by atoms with Crippen LogP contribution in [0.4, 0.5) is 5.82 Å². The maximum absolute atomic E-state index is 13.1. The topological polar surface area (TPSA) is 49.6 Å². The molecule has 2 saturated heterocycles. The highest BCUT2D eigenvalue weighted by atomic mass is 32.2. The van der Waals surface area contributed by atoms with Crippen LogP contribution in [0.25, 0.3) is 17.0 Å². The van der Waals surface area contributed by atoms with Crippen LogP contribution in [0.1, 0.15) is 30.6 Å². The number of para-hydroxylation sites is 1. The number of fused-ring (bicyclic) bond motifs is 1. The Hall–Kier alpha value is -2.64. The van der Waals surface area contributed by atoms with E-state index in [0.29, 0.717) is 21.5 Å². The predicted octanol–water partition coefficient (Wildman–Crippen LogP) is 5.22. The zero-order valence-electron chi connectivity index (χ0n) is 16.4. The van der Waals surface area contributed by atoms with Gasteiger partial charge in [-0.05, 0) is 49.6 Å². The van der Waals surface area contributed by atoms with Crippen LogP contribution in [-0.2, 0) is 11.3 Å². The van der Waals surface area contributed by atoms with Gasteiger partial charge in [0, 0.05) is 24.0 Å². The van der Waals surface area contributed by atoms with Crippen molar-refractivity contribution in [3.8, 4) is 0 Å². The molecule has 4 heterocycles. The van der Waals surface area contributed by atoms with Crippen LogP contribution in [0.3, 0.4) is 0 Å². The molecule has 152 valence electrons. The van der Waals surface area contributed by atoms with E-state index in [2.05, 4.69) is 17.0 Å². The average molecular weight is 436 g/mol. The number of hydrogen-bond acceptors (Lipinski definition) is 6. The Kier molecular flexibility index (Phi) is 5.31. The van der Waals surface area contributed by atoms with E-state index in [1.54, 1.807) is 11.2 Å². The first-order chi connectivity index (χ1) is 14.7. The lowest BCUT2D eigenvalue weighted by Gasteiger charge is -2.29. The number of nitrogens with zero attached hydrogens (tertiary/aromatic N) is 3. The number of thiocarbonyl (C=S) groups is 1. The molecule has 0 saturated carbocycles. The van der Waals surface area contributed by atoms with Crippen molar-refractivity contribution in [3.05, 3.63) is 65.0 Å². The Morgan fingerprint density at radius 3 is 2.77 bits per heavy atom. The Morgan fingerprint density at radius 2 is 1.97 bits per heavy atom. The van der Waals surface area contributed by atoms with Crippen molar-refractivity contribution in [2.45, 2.75) is 25.8 Å². The molecule has 0 bridgehead atoms. The summed E-state index contributed by atoms with van der Waals surface area (Å²) in [7, 11) is 0. The van der Waals surface area contributed by atoms with E-state index in [-0.39, 0.29) is 5.91 Å². The van der Waals surface area contributed by atoms with Crippen molar-refractivity contribution < 1.29 is 9.21 Å². The van der Waals surface area contributed by atoms with Gasteiger partial charge >= 0.3 is 0 Å². The SMILES string of the molecule is O=C1C(=Cc2cc3ccccc3nc2N2CCCCC2)SC(=S)N1Cc1ccco1. The molecule has 2 fully saturated rings. The van der Waals surface area contributed by atoms with Crippen LogP contribution in [0.15, 0.2) is 58.1 Å². The van der Waals surface area contributed by atoms with Gasteiger partial charge < -0.3 is 9.32 Å². The standard InChI is InChI=1S/C23H21N3O2S2/c27-22-20(30-23(29)26(22)15-18-8-6-12-28-18)14-17-13-16-7-2-3-9-19(16)24-21(17)25-10-4-1-5-11-25/h2-3,6-9,12-14H,1,4-5,10-11,15H2. The molecule has 1 amide bonds. The number of anilines is 1. The molecule has 30 heavy (non-hydrogen) atoms. The molecule has 0 atom stereocenters. The van der Waals surface area contributed by atoms with Crippen LogP contribution in [0, 0.1) is 0 Å². The Bertz CT molecular complexity index is 1130. The summed E-state index contributed by atoms with van der Waals surface area (Å²) in [6, 6.07) is 13.9. The molecule has 0 radical (unpaired) electrons. The predicted molar refractivity (Wildman–Crippen MR) is 125 cm³/mol. The number of pyridine rings is 1. The minimum absolute atomic E-state index is 0.0841. The van der Waals surface area contributed by atoms with Crippen LogP contribution in [0.5, 0.6) is 0 Å². The van der Waals surface area contributed by atoms with Crippen molar-refractivity contribution in [1.29, 1.82) is 0 Å². The zero-order valence-corrected chi connectivity index (χ0v) is 18.0. The average Bonchev–Trinajstić information content (AvgIpc) is 3.38. The number of hydrogen-bond donors (Lipinski definition) is 0. The van der Waals surface area contributed by atoms with Crippen LogP contribution in [0.2, 0.25) is 0 Å². The summed E-state index contributed by atoms with van der Waals surface area (Å²) >= 11 is 6.82. The minimum atomic E-state index is -0.0841. The molecule has 3 aromatic rings. The number of furan rings is 1. The normalized spacial score (nSPS) is 18.7. The third-order valence-corrected chi connectivity index (χ3v) is 6.82. The molecule has 0 N–H and O–H groups in total. The molecule has 0 spiro atoms. The van der Waals surface area contributed by atoms with E-state index in [4.69, 9.17) is 21.6 Å². The summed E-state index contributed by atoms with van der Waals surface area (Å²) in [5.41, 5.74) is 1.94. The van der Waals surface area contributed by atoms with E-state index >= 15 is 0 Å². The third kappa shape index (κ3) is 3.75. The Balaban J connectivity index is 1.52. The van der Waals surface area contributed by atoms with E-state index < -0.39 is 0 Å². The molecule has 0 aliphatic carbocycles. The van der Waals surface area contributed by atoms with Crippen molar-refractivity contribution in [2.24, 2.45) is 0 Å². The largest absolute Gasteiger partial charge is 0.467 e. The maximum Gasteiger partial charge on any atom is 0.266 e. The molecule has 2 aromatic heterocycles. The third-order valence-electron chi connectivity index (χ3n) is 5.44. The van der Waals surface area contributed by atoms with E-state index in [1.165, 1.54) is 31.0 Å². The van der Waals surface area contributed by atoms with Gasteiger partial charge in [0.1, 0.15) is 15.9 Å². The van der Waals surface area contributed by atoms with E-state index in [0.717, 1.165) is 35.4 Å². The highest BCUT2D eigenvalue weighted by Crippen LogP contribution is 2.36. The molecular weight excluding hydrogens is 414 g/mol. The van der Waals surface area contributed by atoms with Gasteiger partial charge in [0.2, 0.25) is 0 Å². The fourth-order valence-electron chi connectivity index (χ4n) is 3.92. The second kappa shape index (κ2) is 8.24. The maximum atomic E-state index is 13.1. The first-order valence-electron chi connectivity index (χ1n) is 10.1. The van der Waals surface area contributed by atoms with Crippen LogP contribution < -0.4 is 4.90 Å². The van der Waals surface area contributed by atoms with Crippen LogP contribution in [-0.4, -0.2) is 33.2 Å². The van der Waals surface area contributed by atoms with E-state index in [1.807, 2.05) is 36.4 Å². The van der Waals surface area contributed by atoms with Gasteiger partial charge in [-0.3, -0.25) is 9.69 Å². The molecule has 5 nitrogen and oxygen atoms in total. The minimum Gasteiger partial charge on any atom is -0.467 e. The molecule has 1 aromatic carbocycles. The lowest BCUT2D eigenvalue weighted by Crippen LogP contribution is -2.30. The molecule has 2 aliphatic rings. The number of amides is 1. The molecule has 2 aliphatic heterocycles. The smallest absolute Gasteiger partial charge is 0.266 e. The van der Waals surface area contributed by atoms with Gasteiger partial charge in [-0.2, -0.15) is 0 Å². The van der Waals surface area contributed by atoms with Crippen molar-refractivity contribution in [2.75, 3.05) is 18.0 Å². The van der Waals surface area contributed by atoms with E-state index in [9.17, 15) is 4.79 Å². The van der Waals surface area contributed by atoms with Crippen molar-refractivity contribution >= 4 is 57.0 Å². The molecular formula is C23H21N3O2S2. The number of thioether (sulfide) groups is 1. The fourth-order valence-corrected chi connectivity index (χ4v) is 5.17. The van der Waals surface area contributed by atoms with Gasteiger partial charge in [-0.15, -0.1) is 0 Å². The highest BCUT2D eigenvalue weighted by Gasteiger charge is 2.33. The van der Waals surface area contributed by atoms with Gasteiger partial charge in [0.05, 0.1) is 23.2 Å². The summed E-state index contributed by atoms with van der Waals surface area (Å²) in [5, 5.41) is 1.07. The first kappa shape index (κ1) is 19.3. The van der Waals surface area contributed by atoms with Gasteiger partial charge in [-0.25, -0.2) is 4.98 Å². The fraction of sp³-hybridized carbons (Fsp3) is 0.261. The van der Waals surface area contributed by atoms with Crippen molar-refractivity contribution in [1.82, 2.24) is 9.88 Å². The number of rotatable bonds is 4. The summed E-state index contributed by atoms with van der Waals surface area (Å²) in [4.78, 5) is 22.6. The van der Waals surface area contributed by atoms with Gasteiger partial charge in [-0.1, -0.05) is 42.2 Å². The van der Waals surface area contributed by atoms with Gasteiger partial charge in [0.15, 0.2) is 0 Å². The first-order valence-corrected chi connectivity index (χ1v) is 11.3. The lowest BCUT2D eigenvalue weighted by molar-refractivity contribution is -0.122. The molecule has 7 heteroatoms. The second-order valence-corrected chi connectivity index (χ2v) is 9.16. The lowest BCUT2D eigenvalue weighted by atomic mass is 10.1. The number of benzene rings is 1. The second-order valence-electron chi connectivity index (χ2n) is 7.49. The number of piperidine rings is 1. The summed E-state index contributed by atoms with van der Waals surface area (Å²) < 4.78 is 5.95. The summed E-state index contributed by atoms with van der Waals surface area (Å²) in [6.45, 7) is 2.33. The van der Waals surface area contributed by atoms with Crippen LogP contribution >= 0.6 is 24.0 Å². The summed E-state index contributed by atoms with van der Waals surface area (Å²) in [6.07, 6.45) is 7.14.